The molecule has 1 heteroatoms. The lowest BCUT2D eigenvalue weighted by molar-refractivity contribution is 0.277. The van der Waals surface area contributed by atoms with Crippen molar-refractivity contribution in [3.8, 4) is 0 Å². The van der Waals surface area contributed by atoms with Gasteiger partial charge in [0.05, 0.1) is 0 Å². The summed E-state index contributed by atoms with van der Waals surface area (Å²) in [6.07, 6.45) is 0. The highest BCUT2D eigenvalue weighted by Gasteiger charge is 1.86. The molecule has 66 valence electrons. The molecule has 0 unspecified atom stereocenters. The molecule has 12 heavy (non-hydrogen) atoms. The average molecular weight is 164 g/mol. The zero-order chi connectivity index (χ0) is 9.40. The molecule has 0 aliphatic rings. The molecule has 1 rings (SSSR count). The van der Waals surface area contributed by atoms with E-state index in [9.17, 15) is 0 Å². The maximum atomic E-state index is 4.25. The summed E-state index contributed by atoms with van der Waals surface area (Å²) in [5.74, 6) is 0. The van der Waals surface area contributed by atoms with Crippen LogP contribution in [-0.4, -0.2) is 14.2 Å². The lowest BCUT2D eigenvalue weighted by atomic mass is 10.1. The zero-order valence-electron chi connectivity index (χ0n) is 8.00. The third-order valence-electron chi connectivity index (χ3n) is 1.27. The van der Waals surface area contributed by atoms with Gasteiger partial charge < -0.3 is 4.74 Å². The molecule has 0 saturated heterocycles. The normalized spacial score (nSPS) is 8.25. The van der Waals surface area contributed by atoms with Gasteiger partial charge in [0.2, 0.25) is 0 Å². The minimum atomic E-state index is 1.12. The number of allylic oxidation sites excluding steroid dienone is 1. The molecule has 0 aromatic heterocycles. The highest BCUT2D eigenvalue weighted by atomic mass is 16.4. The van der Waals surface area contributed by atoms with Crippen molar-refractivity contribution in [2.75, 3.05) is 14.2 Å². The van der Waals surface area contributed by atoms with Crippen molar-refractivity contribution in [1.82, 2.24) is 0 Å². The van der Waals surface area contributed by atoms with Crippen molar-refractivity contribution in [3.63, 3.8) is 0 Å². The molecule has 0 heterocycles. The SMILES string of the molecule is C=C(C)c1ccccc1.COC. The molecule has 0 amide bonds. The first-order valence-electron chi connectivity index (χ1n) is 3.83. The molecule has 0 fully saturated rings. The van der Waals surface area contributed by atoms with Gasteiger partial charge in [0.25, 0.3) is 0 Å². The van der Waals surface area contributed by atoms with Crippen molar-refractivity contribution < 1.29 is 4.74 Å². The Balaban J connectivity index is 0.000000354. The van der Waals surface area contributed by atoms with Gasteiger partial charge in [0, 0.05) is 14.2 Å². The van der Waals surface area contributed by atoms with E-state index in [-0.39, 0.29) is 0 Å². The predicted octanol–water partition coefficient (Wildman–Crippen LogP) is 2.98. The summed E-state index contributed by atoms with van der Waals surface area (Å²) in [5, 5.41) is 0. The molecular weight excluding hydrogens is 148 g/mol. The van der Waals surface area contributed by atoms with Crippen LogP contribution in [-0.2, 0) is 4.74 Å². The number of benzene rings is 1. The van der Waals surface area contributed by atoms with Crippen LogP contribution in [0.5, 0.6) is 0 Å². The fourth-order valence-corrected chi connectivity index (χ4v) is 0.723. The smallest absolute Gasteiger partial charge is 0.0351 e. The van der Waals surface area contributed by atoms with E-state index in [4.69, 9.17) is 0 Å². The first-order chi connectivity index (χ1) is 5.72. The summed E-state index contributed by atoms with van der Waals surface area (Å²) in [6.45, 7) is 5.83. The molecule has 0 aliphatic carbocycles. The van der Waals surface area contributed by atoms with Crippen LogP contribution in [0.2, 0.25) is 0 Å². The van der Waals surface area contributed by atoms with Gasteiger partial charge in [0.1, 0.15) is 0 Å². The largest absolute Gasteiger partial charge is 0.388 e. The fraction of sp³-hybridized carbons (Fsp3) is 0.273. The van der Waals surface area contributed by atoms with Crippen LogP contribution >= 0.6 is 0 Å². The highest BCUT2D eigenvalue weighted by Crippen LogP contribution is 2.08. The molecule has 0 saturated carbocycles. The second-order valence-corrected chi connectivity index (χ2v) is 2.55. The standard InChI is InChI=1S/C9H10.C2H6O/c1-8(2)9-6-4-3-5-7-9;1-3-2/h3-7H,1H2,2H3;1-2H3. The summed E-state index contributed by atoms with van der Waals surface area (Å²) >= 11 is 0. The van der Waals surface area contributed by atoms with Crippen LogP contribution < -0.4 is 0 Å². The van der Waals surface area contributed by atoms with E-state index in [2.05, 4.69) is 23.4 Å². The van der Waals surface area contributed by atoms with Gasteiger partial charge >= 0.3 is 0 Å². The van der Waals surface area contributed by atoms with E-state index in [1.165, 1.54) is 5.56 Å². The Hall–Kier alpha value is -1.08. The molecule has 1 aromatic carbocycles. The van der Waals surface area contributed by atoms with Crippen molar-refractivity contribution >= 4 is 5.57 Å². The van der Waals surface area contributed by atoms with Gasteiger partial charge in [-0.1, -0.05) is 42.5 Å². The third-order valence-corrected chi connectivity index (χ3v) is 1.27. The van der Waals surface area contributed by atoms with E-state index >= 15 is 0 Å². The van der Waals surface area contributed by atoms with Crippen molar-refractivity contribution in [2.24, 2.45) is 0 Å². The first kappa shape index (κ1) is 10.9. The van der Waals surface area contributed by atoms with E-state index in [1.54, 1.807) is 14.2 Å². The zero-order valence-corrected chi connectivity index (χ0v) is 8.00. The van der Waals surface area contributed by atoms with E-state index in [0.29, 0.717) is 0 Å². The minimum absolute atomic E-state index is 1.12. The summed E-state index contributed by atoms with van der Waals surface area (Å²) in [5.41, 5.74) is 2.34. The second kappa shape index (κ2) is 6.62. The van der Waals surface area contributed by atoms with Crippen LogP contribution in [0.4, 0.5) is 0 Å². The summed E-state index contributed by atoms with van der Waals surface area (Å²) in [6, 6.07) is 10.2. The molecule has 1 nitrogen and oxygen atoms in total. The van der Waals surface area contributed by atoms with Gasteiger partial charge in [-0.25, -0.2) is 0 Å². The molecule has 0 bridgehead atoms. The maximum absolute atomic E-state index is 4.25. The second-order valence-electron chi connectivity index (χ2n) is 2.55. The first-order valence-corrected chi connectivity index (χ1v) is 3.83. The quantitative estimate of drug-likeness (QED) is 0.620. The van der Waals surface area contributed by atoms with Crippen molar-refractivity contribution in [3.05, 3.63) is 42.5 Å². The summed E-state index contributed by atoms with van der Waals surface area (Å²) in [7, 11) is 3.25. The van der Waals surface area contributed by atoms with Crippen LogP contribution in [0.1, 0.15) is 12.5 Å². The topological polar surface area (TPSA) is 9.23 Å². The number of methoxy groups -OCH3 is 1. The van der Waals surface area contributed by atoms with E-state index in [1.807, 2.05) is 25.1 Å². The molecule has 0 N–H and O–H groups in total. The third kappa shape index (κ3) is 4.69. The van der Waals surface area contributed by atoms with Gasteiger partial charge in [-0.3, -0.25) is 0 Å². The number of hydrogen-bond acceptors (Lipinski definition) is 1. The average Bonchev–Trinajstić information content (AvgIpc) is 2.07. The van der Waals surface area contributed by atoms with Gasteiger partial charge in [-0.15, -0.1) is 0 Å². The number of ether oxygens (including phenoxy) is 1. The number of hydrogen-bond donors (Lipinski definition) is 0. The Bertz CT molecular complexity index is 214. The lowest BCUT2D eigenvalue weighted by Crippen LogP contribution is -1.72. The Morgan fingerprint density at radius 1 is 1.17 bits per heavy atom. The van der Waals surface area contributed by atoms with Crippen LogP contribution in [0.25, 0.3) is 5.57 Å². The van der Waals surface area contributed by atoms with Crippen LogP contribution in [0.15, 0.2) is 36.9 Å². The summed E-state index contributed by atoms with van der Waals surface area (Å²) in [4.78, 5) is 0. The van der Waals surface area contributed by atoms with Crippen LogP contribution in [0, 0.1) is 0 Å². The number of rotatable bonds is 1. The van der Waals surface area contributed by atoms with Gasteiger partial charge in [0.15, 0.2) is 0 Å². The van der Waals surface area contributed by atoms with Crippen molar-refractivity contribution in [1.29, 1.82) is 0 Å². The highest BCUT2D eigenvalue weighted by molar-refractivity contribution is 5.60. The molecule has 0 aliphatic heterocycles. The van der Waals surface area contributed by atoms with Crippen molar-refractivity contribution in [2.45, 2.75) is 6.92 Å². The Morgan fingerprint density at radius 3 is 1.83 bits per heavy atom. The minimum Gasteiger partial charge on any atom is -0.388 e. The van der Waals surface area contributed by atoms with Gasteiger partial charge in [-0.05, 0) is 12.5 Å². The van der Waals surface area contributed by atoms with Gasteiger partial charge in [-0.2, -0.15) is 0 Å². The Morgan fingerprint density at radius 2 is 1.58 bits per heavy atom. The summed E-state index contributed by atoms with van der Waals surface area (Å²) < 4.78 is 4.25. The lowest BCUT2D eigenvalue weighted by Gasteiger charge is -1.94. The van der Waals surface area contributed by atoms with Crippen LogP contribution in [0.3, 0.4) is 0 Å². The maximum Gasteiger partial charge on any atom is 0.0351 e. The molecule has 1 aromatic rings. The van der Waals surface area contributed by atoms with E-state index in [0.717, 1.165) is 5.57 Å². The molecule has 0 atom stereocenters. The fourth-order valence-electron chi connectivity index (χ4n) is 0.723. The molecule has 0 spiro atoms. The Labute approximate surface area is 74.7 Å². The van der Waals surface area contributed by atoms with E-state index < -0.39 is 0 Å². The predicted molar refractivity (Wildman–Crippen MR) is 54.1 cm³/mol. The molecule has 0 radical (unpaired) electrons. The Kier molecular flexibility index (Phi) is 6.02. The monoisotopic (exact) mass is 164 g/mol. The molecular formula is C11H16O.